The van der Waals surface area contributed by atoms with Gasteiger partial charge in [-0.1, -0.05) is 0 Å². The molecule has 3 heteroatoms. The molecular formula is C13H21N3. The van der Waals surface area contributed by atoms with Crippen molar-refractivity contribution in [3.63, 3.8) is 0 Å². The third-order valence-electron chi connectivity index (χ3n) is 3.72. The van der Waals surface area contributed by atoms with E-state index in [9.17, 15) is 0 Å². The number of rotatable bonds is 3. The van der Waals surface area contributed by atoms with Crippen LogP contribution in [0.15, 0.2) is 24.5 Å². The fourth-order valence-corrected chi connectivity index (χ4v) is 2.43. The van der Waals surface area contributed by atoms with Gasteiger partial charge in [-0.2, -0.15) is 0 Å². The molecule has 16 heavy (non-hydrogen) atoms. The second kappa shape index (κ2) is 5.41. The Hall–Kier alpha value is -0.930. The minimum atomic E-state index is 0.502. The van der Waals surface area contributed by atoms with E-state index in [1.807, 2.05) is 12.4 Å². The normalized spacial score (nSPS) is 20.9. The van der Waals surface area contributed by atoms with Gasteiger partial charge in [0.15, 0.2) is 0 Å². The molecule has 0 bridgehead atoms. The van der Waals surface area contributed by atoms with Crippen LogP contribution in [-0.2, 0) is 0 Å². The number of piperidine rings is 1. The molecule has 1 aromatic rings. The molecule has 1 fully saturated rings. The minimum Gasteiger partial charge on any atom is -0.330 e. The highest BCUT2D eigenvalue weighted by Crippen LogP contribution is 2.25. The highest BCUT2D eigenvalue weighted by Gasteiger charge is 2.22. The molecule has 1 aromatic heterocycles. The van der Waals surface area contributed by atoms with Crippen molar-refractivity contribution < 1.29 is 0 Å². The van der Waals surface area contributed by atoms with Crippen molar-refractivity contribution in [1.82, 2.24) is 9.88 Å². The van der Waals surface area contributed by atoms with Crippen LogP contribution in [-0.4, -0.2) is 29.5 Å². The molecule has 2 rings (SSSR count). The summed E-state index contributed by atoms with van der Waals surface area (Å²) in [6, 6.07) is 4.72. The quantitative estimate of drug-likeness (QED) is 0.843. The Kier molecular flexibility index (Phi) is 3.91. The number of nitrogens with two attached hydrogens (primary N) is 1. The van der Waals surface area contributed by atoms with Gasteiger partial charge >= 0.3 is 0 Å². The lowest BCUT2D eigenvalue weighted by Crippen LogP contribution is -2.37. The molecule has 1 aliphatic heterocycles. The number of hydrogen-bond donors (Lipinski definition) is 1. The van der Waals surface area contributed by atoms with E-state index in [1.54, 1.807) is 0 Å². The van der Waals surface area contributed by atoms with Crippen LogP contribution in [0.3, 0.4) is 0 Å². The Bertz CT molecular complexity index is 304. The summed E-state index contributed by atoms with van der Waals surface area (Å²) in [5.41, 5.74) is 7.07. The fraction of sp³-hybridized carbons (Fsp3) is 0.615. The van der Waals surface area contributed by atoms with E-state index in [2.05, 4.69) is 28.9 Å². The Morgan fingerprint density at radius 1 is 1.38 bits per heavy atom. The molecule has 2 heterocycles. The number of aromatic nitrogens is 1. The lowest BCUT2D eigenvalue weighted by Gasteiger charge is -2.35. The Morgan fingerprint density at radius 2 is 2.00 bits per heavy atom. The molecule has 0 amide bonds. The molecule has 1 atom stereocenters. The van der Waals surface area contributed by atoms with Gasteiger partial charge in [0.25, 0.3) is 0 Å². The van der Waals surface area contributed by atoms with E-state index in [4.69, 9.17) is 5.73 Å². The van der Waals surface area contributed by atoms with Crippen molar-refractivity contribution in [3.05, 3.63) is 30.1 Å². The summed E-state index contributed by atoms with van der Waals surface area (Å²) >= 11 is 0. The second-order valence-corrected chi connectivity index (χ2v) is 4.67. The smallest absolute Gasteiger partial charge is 0.0320 e. The van der Waals surface area contributed by atoms with E-state index >= 15 is 0 Å². The standard InChI is InChI=1S/C13H21N3/c1-11(13-2-6-15-7-3-13)16-8-4-12(10-14)5-9-16/h2-3,6-7,11-12H,4-5,8-10,14H2,1H3. The summed E-state index contributed by atoms with van der Waals surface area (Å²) in [5.74, 6) is 0.737. The lowest BCUT2D eigenvalue weighted by atomic mass is 9.95. The van der Waals surface area contributed by atoms with Crippen LogP contribution in [0.25, 0.3) is 0 Å². The van der Waals surface area contributed by atoms with Crippen molar-refractivity contribution in [2.24, 2.45) is 11.7 Å². The monoisotopic (exact) mass is 219 g/mol. The van der Waals surface area contributed by atoms with E-state index in [0.29, 0.717) is 6.04 Å². The van der Waals surface area contributed by atoms with Gasteiger partial charge in [-0.25, -0.2) is 0 Å². The maximum atomic E-state index is 5.71. The van der Waals surface area contributed by atoms with Gasteiger partial charge in [0.1, 0.15) is 0 Å². The first-order valence-corrected chi connectivity index (χ1v) is 6.15. The second-order valence-electron chi connectivity index (χ2n) is 4.67. The molecule has 0 spiro atoms. The van der Waals surface area contributed by atoms with Crippen LogP contribution in [0.2, 0.25) is 0 Å². The largest absolute Gasteiger partial charge is 0.330 e. The summed E-state index contributed by atoms with van der Waals surface area (Å²) in [6.45, 7) is 5.46. The molecule has 3 nitrogen and oxygen atoms in total. The number of likely N-dealkylation sites (tertiary alicyclic amines) is 1. The van der Waals surface area contributed by atoms with Crippen molar-refractivity contribution in [2.45, 2.75) is 25.8 Å². The molecular weight excluding hydrogens is 198 g/mol. The van der Waals surface area contributed by atoms with Crippen LogP contribution in [0.1, 0.15) is 31.4 Å². The molecule has 88 valence electrons. The average Bonchev–Trinajstić information content (AvgIpc) is 2.39. The zero-order chi connectivity index (χ0) is 11.4. The van der Waals surface area contributed by atoms with Crippen molar-refractivity contribution in [3.8, 4) is 0 Å². The van der Waals surface area contributed by atoms with Crippen molar-refractivity contribution in [2.75, 3.05) is 19.6 Å². The fourth-order valence-electron chi connectivity index (χ4n) is 2.43. The summed E-state index contributed by atoms with van der Waals surface area (Å²) < 4.78 is 0. The predicted octanol–water partition coefficient (Wildman–Crippen LogP) is 1.81. The van der Waals surface area contributed by atoms with Crippen molar-refractivity contribution in [1.29, 1.82) is 0 Å². The molecule has 1 saturated heterocycles. The molecule has 1 aliphatic rings. The lowest BCUT2D eigenvalue weighted by molar-refractivity contribution is 0.143. The summed E-state index contributed by atoms with van der Waals surface area (Å²) in [5, 5.41) is 0. The number of nitrogens with zero attached hydrogens (tertiary/aromatic N) is 2. The van der Waals surface area contributed by atoms with E-state index in [1.165, 1.54) is 31.5 Å². The van der Waals surface area contributed by atoms with E-state index in [-0.39, 0.29) is 0 Å². The average molecular weight is 219 g/mol. The van der Waals surface area contributed by atoms with Crippen LogP contribution < -0.4 is 5.73 Å². The first kappa shape index (κ1) is 11.6. The number of pyridine rings is 1. The summed E-state index contributed by atoms with van der Waals surface area (Å²) in [4.78, 5) is 6.61. The van der Waals surface area contributed by atoms with Crippen LogP contribution in [0.4, 0.5) is 0 Å². The zero-order valence-corrected chi connectivity index (χ0v) is 9.97. The maximum Gasteiger partial charge on any atom is 0.0320 e. The third kappa shape index (κ3) is 2.60. The van der Waals surface area contributed by atoms with Crippen LogP contribution in [0.5, 0.6) is 0 Å². The van der Waals surface area contributed by atoms with Gasteiger partial charge < -0.3 is 5.73 Å². The first-order chi connectivity index (χ1) is 7.81. The maximum absolute atomic E-state index is 5.71. The summed E-state index contributed by atoms with van der Waals surface area (Å²) in [6.07, 6.45) is 6.23. The van der Waals surface area contributed by atoms with Gasteiger partial charge in [-0.15, -0.1) is 0 Å². The summed E-state index contributed by atoms with van der Waals surface area (Å²) in [7, 11) is 0. The Balaban J connectivity index is 1.94. The van der Waals surface area contributed by atoms with Crippen molar-refractivity contribution >= 4 is 0 Å². The SMILES string of the molecule is CC(c1ccncc1)N1CCC(CN)CC1. The van der Waals surface area contributed by atoms with Crippen LogP contribution in [0, 0.1) is 5.92 Å². The molecule has 0 aliphatic carbocycles. The molecule has 0 saturated carbocycles. The van der Waals surface area contributed by atoms with Gasteiger partial charge in [-0.3, -0.25) is 9.88 Å². The minimum absolute atomic E-state index is 0.502. The van der Waals surface area contributed by atoms with Gasteiger partial charge in [-0.05, 0) is 63.0 Å². The van der Waals surface area contributed by atoms with Gasteiger partial charge in [0.05, 0.1) is 0 Å². The predicted molar refractivity (Wildman–Crippen MR) is 66.0 cm³/mol. The zero-order valence-electron chi connectivity index (χ0n) is 9.97. The Labute approximate surface area is 97.7 Å². The molecule has 0 aromatic carbocycles. The molecule has 0 radical (unpaired) electrons. The topological polar surface area (TPSA) is 42.2 Å². The van der Waals surface area contributed by atoms with Gasteiger partial charge in [0, 0.05) is 18.4 Å². The number of hydrogen-bond acceptors (Lipinski definition) is 3. The molecule has 2 N–H and O–H groups in total. The molecule has 1 unspecified atom stereocenters. The van der Waals surface area contributed by atoms with E-state index < -0.39 is 0 Å². The highest BCUT2D eigenvalue weighted by atomic mass is 15.2. The van der Waals surface area contributed by atoms with E-state index in [0.717, 1.165) is 12.5 Å². The van der Waals surface area contributed by atoms with Crippen LogP contribution >= 0.6 is 0 Å². The highest BCUT2D eigenvalue weighted by molar-refractivity contribution is 5.14. The van der Waals surface area contributed by atoms with Gasteiger partial charge in [0.2, 0.25) is 0 Å². The third-order valence-corrected chi connectivity index (χ3v) is 3.72. The first-order valence-electron chi connectivity index (χ1n) is 6.15. The Morgan fingerprint density at radius 3 is 2.56 bits per heavy atom.